The van der Waals surface area contributed by atoms with Crippen LogP contribution in [0.15, 0.2) is 0 Å². The Bertz CT molecular complexity index is 79.0. The monoisotopic (exact) mass is 129 g/mol. The first-order valence-electron chi connectivity index (χ1n) is 3.58. The van der Waals surface area contributed by atoms with Crippen molar-refractivity contribution in [2.45, 2.75) is 31.9 Å². The molecule has 1 rings (SSSR count). The van der Waals surface area contributed by atoms with Crippen LogP contribution in [0.1, 0.15) is 19.8 Å². The summed E-state index contributed by atoms with van der Waals surface area (Å²) in [5, 5.41) is 1.97. The van der Waals surface area contributed by atoms with Crippen LogP contribution in [0.5, 0.6) is 0 Å². The highest BCUT2D eigenvalue weighted by Crippen LogP contribution is 2.12. The first-order valence-corrected chi connectivity index (χ1v) is 3.58. The van der Waals surface area contributed by atoms with Gasteiger partial charge in [-0.15, -0.1) is 0 Å². The molecule has 0 aromatic rings. The van der Waals surface area contributed by atoms with Gasteiger partial charge in [0.2, 0.25) is 0 Å². The van der Waals surface area contributed by atoms with Crippen molar-refractivity contribution in [1.82, 2.24) is 0 Å². The topological polar surface area (TPSA) is 25.8 Å². The molecule has 0 saturated carbocycles. The molecule has 2 unspecified atom stereocenters. The van der Waals surface area contributed by atoms with Crippen molar-refractivity contribution in [1.29, 1.82) is 0 Å². The first-order chi connectivity index (χ1) is 4.34. The molecule has 0 spiro atoms. The lowest BCUT2D eigenvalue weighted by molar-refractivity contribution is -0.638. The maximum atomic E-state index is 5.43. The van der Waals surface area contributed by atoms with E-state index in [1.54, 1.807) is 0 Å². The predicted octanol–water partition coefficient (Wildman–Crippen LogP) is -0.0911. The summed E-state index contributed by atoms with van der Waals surface area (Å²) in [7, 11) is 3.73. The molecule has 9 heavy (non-hydrogen) atoms. The molecular formula is C7H15NO. The van der Waals surface area contributed by atoms with Gasteiger partial charge in [-0.25, -0.2) is 0 Å². The molecule has 2 heteroatoms. The van der Waals surface area contributed by atoms with Crippen LogP contribution in [-0.2, 0) is 4.74 Å². The lowest BCUT2D eigenvalue weighted by Gasteiger charge is -2.17. The summed E-state index contributed by atoms with van der Waals surface area (Å²) < 4.78 is 5.43. The van der Waals surface area contributed by atoms with Crippen LogP contribution in [0, 0.1) is 7.05 Å². The summed E-state index contributed by atoms with van der Waals surface area (Å²) in [6.07, 6.45) is 2.90. The standard InChI is InChI=1S/C7H15NO/c1-6(8-2)7-4-3-5-9-7/h6-7H,2-5,8H2,1H3. The molecule has 1 aliphatic rings. The third-order valence-corrected chi connectivity index (χ3v) is 1.92. The zero-order chi connectivity index (χ0) is 6.69. The molecule has 1 heterocycles. The molecule has 0 aliphatic carbocycles. The SMILES string of the molecule is [CH2-][NH2+]C(C)C1CCCO1. The van der Waals surface area contributed by atoms with Crippen LogP contribution in [0.2, 0.25) is 0 Å². The summed E-state index contributed by atoms with van der Waals surface area (Å²) >= 11 is 0. The Hall–Kier alpha value is -0.0800. The fourth-order valence-corrected chi connectivity index (χ4v) is 1.17. The molecular weight excluding hydrogens is 114 g/mol. The van der Waals surface area contributed by atoms with Gasteiger partial charge >= 0.3 is 0 Å². The van der Waals surface area contributed by atoms with Gasteiger partial charge in [0, 0.05) is 6.61 Å². The molecule has 0 radical (unpaired) electrons. The second-order valence-corrected chi connectivity index (χ2v) is 2.65. The maximum absolute atomic E-state index is 5.43. The molecule has 2 nitrogen and oxygen atoms in total. The first kappa shape index (κ1) is 7.03. The van der Waals surface area contributed by atoms with Crippen LogP contribution < -0.4 is 5.32 Å². The molecule has 0 amide bonds. The highest BCUT2D eigenvalue weighted by atomic mass is 16.5. The normalized spacial score (nSPS) is 30.7. The zero-order valence-corrected chi connectivity index (χ0v) is 5.97. The van der Waals surface area contributed by atoms with Crippen LogP contribution >= 0.6 is 0 Å². The number of rotatable bonds is 2. The maximum Gasteiger partial charge on any atom is 0.107 e. The minimum Gasteiger partial charge on any atom is -0.474 e. The molecule has 2 N–H and O–H groups in total. The van der Waals surface area contributed by atoms with Crippen molar-refractivity contribution in [3.05, 3.63) is 7.05 Å². The van der Waals surface area contributed by atoms with E-state index in [1.807, 2.05) is 5.32 Å². The summed E-state index contributed by atoms with van der Waals surface area (Å²) in [4.78, 5) is 0. The average Bonchev–Trinajstić information content (AvgIpc) is 2.37. The van der Waals surface area contributed by atoms with Crippen LogP contribution in [0.4, 0.5) is 0 Å². The lowest BCUT2D eigenvalue weighted by atomic mass is 10.1. The van der Waals surface area contributed by atoms with E-state index in [1.165, 1.54) is 12.8 Å². The smallest absolute Gasteiger partial charge is 0.107 e. The summed E-state index contributed by atoms with van der Waals surface area (Å²) in [6.45, 7) is 3.10. The molecule has 0 aromatic heterocycles. The van der Waals surface area contributed by atoms with Gasteiger partial charge in [0.25, 0.3) is 0 Å². The van der Waals surface area contributed by atoms with Gasteiger partial charge in [-0.1, -0.05) is 0 Å². The summed E-state index contributed by atoms with van der Waals surface area (Å²) in [5.41, 5.74) is 0. The van der Waals surface area contributed by atoms with E-state index in [2.05, 4.69) is 14.0 Å². The minimum absolute atomic E-state index is 0.461. The molecule has 0 bridgehead atoms. The Balaban J connectivity index is 2.24. The molecule has 1 fully saturated rings. The third kappa shape index (κ3) is 1.66. The van der Waals surface area contributed by atoms with Crippen LogP contribution in [0.3, 0.4) is 0 Å². The molecule has 0 aromatic carbocycles. The number of hydrogen-bond acceptors (Lipinski definition) is 1. The van der Waals surface area contributed by atoms with Gasteiger partial charge in [-0.05, 0) is 19.8 Å². The van der Waals surface area contributed by atoms with Gasteiger partial charge in [-0.3, -0.25) is 0 Å². The summed E-state index contributed by atoms with van der Waals surface area (Å²) in [6, 6.07) is 0.535. The van der Waals surface area contributed by atoms with Crippen molar-refractivity contribution in [3.8, 4) is 0 Å². The molecule has 54 valence electrons. The van der Waals surface area contributed by atoms with Crippen molar-refractivity contribution in [3.63, 3.8) is 0 Å². The summed E-state index contributed by atoms with van der Waals surface area (Å²) in [5.74, 6) is 0. The van der Waals surface area contributed by atoms with E-state index < -0.39 is 0 Å². The highest BCUT2D eigenvalue weighted by molar-refractivity contribution is 4.68. The Morgan fingerprint density at radius 1 is 1.78 bits per heavy atom. The largest absolute Gasteiger partial charge is 0.474 e. The van der Waals surface area contributed by atoms with Crippen LogP contribution in [0.25, 0.3) is 0 Å². The van der Waals surface area contributed by atoms with E-state index in [9.17, 15) is 0 Å². The van der Waals surface area contributed by atoms with Crippen LogP contribution in [-0.4, -0.2) is 18.8 Å². The fourth-order valence-electron chi connectivity index (χ4n) is 1.17. The van der Waals surface area contributed by atoms with E-state index in [4.69, 9.17) is 4.74 Å². The Morgan fingerprint density at radius 3 is 3.00 bits per heavy atom. The average molecular weight is 129 g/mol. The van der Waals surface area contributed by atoms with Gasteiger partial charge < -0.3 is 10.1 Å². The van der Waals surface area contributed by atoms with Gasteiger partial charge in [0.1, 0.15) is 6.10 Å². The van der Waals surface area contributed by atoms with E-state index in [0.717, 1.165) is 6.61 Å². The lowest BCUT2D eigenvalue weighted by Crippen LogP contribution is -2.85. The van der Waals surface area contributed by atoms with E-state index in [-0.39, 0.29) is 0 Å². The number of quaternary nitrogens is 1. The Morgan fingerprint density at radius 2 is 2.56 bits per heavy atom. The number of hydrogen-bond donors (Lipinski definition) is 1. The van der Waals surface area contributed by atoms with E-state index in [0.29, 0.717) is 12.1 Å². The molecule has 2 atom stereocenters. The second kappa shape index (κ2) is 3.18. The predicted molar refractivity (Wildman–Crippen MR) is 35.7 cm³/mol. The van der Waals surface area contributed by atoms with Crippen molar-refractivity contribution in [2.75, 3.05) is 6.61 Å². The third-order valence-electron chi connectivity index (χ3n) is 1.92. The number of ether oxygens (including phenoxy) is 1. The quantitative estimate of drug-likeness (QED) is 0.518. The van der Waals surface area contributed by atoms with Gasteiger partial charge in [0.05, 0.1) is 6.04 Å². The Labute approximate surface area is 56.6 Å². The number of nitrogens with two attached hydrogens (primary N) is 1. The van der Waals surface area contributed by atoms with Crippen molar-refractivity contribution in [2.24, 2.45) is 0 Å². The van der Waals surface area contributed by atoms with Crippen molar-refractivity contribution < 1.29 is 10.1 Å². The Kier molecular flexibility index (Phi) is 2.49. The highest BCUT2D eigenvalue weighted by Gasteiger charge is 2.21. The van der Waals surface area contributed by atoms with Gasteiger partial charge in [-0.2, -0.15) is 7.05 Å². The van der Waals surface area contributed by atoms with E-state index >= 15 is 0 Å². The molecule has 1 aliphatic heterocycles. The van der Waals surface area contributed by atoms with Crippen molar-refractivity contribution >= 4 is 0 Å². The zero-order valence-electron chi connectivity index (χ0n) is 5.97. The second-order valence-electron chi connectivity index (χ2n) is 2.65. The van der Waals surface area contributed by atoms with Gasteiger partial charge in [0.15, 0.2) is 0 Å². The molecule has 1 saturated heterocycles. The minimum atomic E-state index is 0.461. The fraction of sp³-hybridized carbons (Fsp3) is 0.857.